The lowest BCUT2D eigenvalue weighted by Gasteiger charge is -2.32. The second kappa shape index (κ2) is 3.94. The van der Waals surface area contributed by atoms with Crippen LogP contribution < -0.4 is 0 Å². The quantitative estimate of drug-likeness (QED) is 0.770. The van der Waals surface area contributed by atoms with E-state index in [1.807, 2.05) is 0 Å². The number of aromatic nitrogens is 2. The van der Waals surface area contributed by atoms with E-state index in [1.54, 1.807) is 12.3 Å². The molecular weight excluding hydrogens is 196 g/mol. The summed E-state index contributed by atoms with van der Waals surface area (Å²) in [5.41, 5.74) is -0.453. The van der Waals surface area contributed by atoms with Crippen molar-refractivity contribution in [1.82, 2.24) is 9.97 Å². The summed E-state index contributed by atoms with van der Waals surface area (Å²) in [6.45, 7) is 0.819. The lowest BCUT2D eigenvalue weighted by atomic mass is 9.79. The van der Waals surface area contributed by atoms with Gasteiger partial charge in [-0.2, -0.15) is 0 Å². The van der Waals surface area contributed by atoms with Crippen LogP contribution in [0.4, 0.5) is 0 Å². The Hall–Kier alpha value is -1.49. The molecule has 1 aliphatic rings. The van der Waals surface area contributed by atoms with Crippen molar-refractivity contribution in [3.8, 4) is 0 Å². The topological polar surface area (TPSA) is 72.3 Å². The Kier molecular flexibility index (Phi) is 2.64. The van der Waals surface area contributed by atoms with Gasteiger partial charge in [0.15, 0.2) is 0 Å². The minimum atomic E-state index is -0.985. The van der Waals surface area contributed by atoms with E-state index in [9.17, 15) is 9.90 Å². The van der Waals surface area contributed by atoms with Gasteiger partial charge in [0.2, 0.25) is 0 Å². The maximum atomic E-state index is 11.3. The van der Waals surface area contributed by atoms with Gasteiger partial charge < -0.3 is 9.84 Å². The molecule has 0 saturated carbocycles. The number of nitrogens with zero attached hydrogens (tertiary/aromatic N) is 2. The smallest absolute Gasteiger partial charge is 0.318 e. The summed E-state index contributed by atoms with van der Waals surface area (Å²) in [7, 11) is 0. The van der Waals surface area contributed by atoms with Gasteiger partial charge in [-0.05, 0) is 18.9 Å². The molecule has 15 heavy (non-hydrogen) atoms. The molecule has 1 aliphatic heterocycles. The highest BCUT2D eigenvalue weighted by molar-refractivity contribution is 5.81. The van der Waals surface area contributed by atoms with E-state index in [0.29, 0.717) is 18.7 Å². The van der Waals surface area contributed by atoms with E-state index >= 15 is 0 Å². The number of rotatable bonds is 2. The molecule has 0 spiro atoms. The predicted octanol–water partition coefficient (Wildman–Crippen LogP) is 0.609. The van der Waals surface area contributed by atoms with Gasteiger partial charge in [0.1, 0.15) is 11.7 Å². The van der Waals surface area contributed by atoms with Crippen LogP contribution in [0.1, 0.15) is 18.5 Å². The molecule has 1 aromatic rings. The lowest BCUT2D eigenvalue weighted by molar-refractivity contribution is -0.149. The van der Waals surface area contributed by atoms with Crippen molar-refractivity contribution in [3.05, 3.63) is 24.3 Å². The largest absolute Gasteiger partial charge is 0.480 e. The Balaban J connectivity index is 2.38. The van der Waals surface area contributed by atoms with Gasteiger partial charge in [0.25, 0.3) is 0 Å². The summed E-state index contributed by atoms with van der Waals surface area (Å²) in [5, 5.41) is 9.30. The summed E-state index contributed by atoms with van der Waals surface area (Å²) in [6.07, 6.45) is 4.24. The first-order valence-corrected chi connectivity index (χ1v) is 4.83. The van der Waals surface area contributed by atoms with Crippen LogP contribution in [0.25, 0.3) is 0 Å². The summed E-state index contributed by atoms with van der Waals surface area (Å²) in [5.74, 6) is -0.874. The number of aliphatic carboxylic acids is 1. The molecule has 1 N–H and O–H groups in total. The van der Waals surface area contributed by atoms with Crippen molar-refractivity contribution in [2.45, 2.75) is 18.3 Å². The van der Waals surface area contributed by atoms with Gasteiger partial charge in [-0.1, -0.05) is 0 Å². The molecule has 1 aromatic heterocycles. The number of carboxylic acid groups (broad SMARTS) is 1. The third-order valence-electron chi connectivity index (χ3n) is 2.72. The first-order chi connectivity index (χ1) is 7.26. The van der Waals surface area contributed by atoms with E-state index in [0.717, 1.165) is 6.42 Å². The first kappa shape index (κ1) is 10.0. The first-order valence-electron chi connectivity index (χ1n) is 4.83. The molecule has 1 saturated heterocycles. The van der Waals surface area contributed by atoms with Crippen molar-refractivity contribution in [2.24, 2.45) is 0 Å². The third-order valence-corrected chi connectivity index (χ3v) is 2.72. The van der Waals surface area contributed by atoms with Crippen LogP contribution in [0.2, 0.25) is 0 Å². The van der Waals surface area contributed by atoms with Crippen molar-refractivity contribution in [2.75, 3.05) is 13.2 Å². The zero-order chi connectivity index (χ0) is 10.7. The maximum Gasteiger partial charge on any atom is 0.318 e. The molecule has 1 fully saturated rings. The van der Waals surface area contributed by atoms with Crippen LogP contribution in [0.3, 0.4) is 0 Å². The van der Waals surface area contributed by atoms with Crippen LogP contribution in [0, 0.1) is 0 Å². The van der Waals surface area contributed by atoms with E-state index in [-0.39, 0.29) is 6.61 Å². The Bertz CT molecular complexity index is 347. The van der Waals surface area contributed by atoms with E-state index in [4.69, 9.17) is 4.74 Å². The van der Waals surface area contributed by atoms with Crippen LogP contribution in [0.5, 0.6) is 0 Å². The Morgan fingerprint density at radius 2 is 2.47 bits per heavy atom. The zero-order valence-electron chi connectivity index (χ0n) is 8.22. The molecule has 5 nitrogen and oxygen atoms in total. The predicted molar refractivity (Wildman–Crippen MR) is 51.4 cm³/mol. The standard InChI is InChI=1S/C10H12N2O3/c13-9(14)10(3-1-5-15-6-10)8-2-4-11-7-12-8/h2,4,7H,1,3,5-6H2,(H,13,14). The van der Waals surface area contributed by atoms with Gasteiger partial charge in [0.05, 0.1) is 12.3 Å². The maximum absolute atomic E-state index is 11.3. The molecular formula is C10H12N2O3. The van der Waals surface area contributed by atoms with E-state index in [2.05, 4.69) is 9.97 Å². The fourth-order valence-corrected chi connectivity index (χ4v) is 1.85. The van der Waals surface area contributed by atoms with E-state index in [1.165, 1.54) is 6.33 Å². The van der Waals surface area contributed by atoms with Crippen molar-refractivity contribution in [1.29, 1.82) is 0 Å². The fraction of sp³-hybridized carbons (Fsp3) is 0.500. The van der Waals surface area contributed by atoms with Crippen molar-refractivity contribution < 1.29 is 14.6 Å². The summed E-state index contributed by atoms with van der Waals surface area (Å²) < 4.78 is 5.26. The summed E-state index contributed by atoms with van der Waals surface area (Å²) in [6, 6.07) is 1.64. The van der Waals surface area contributed by atoms with Crippen LogP contribution in [-0.4, -0.2) is 34.3 Å². The summed E-state index contributed by atoms with van der Waals surface area (Å²) >= 11 is 0. The number of carbonyl (C=O) groups is 1. The second-order valence-corrected chi connectivity index (χ2v) is 3.64. The van der Waals surface area contributed by atoms with Crippen LogP contribution in [0.15, 0.2) is 18.6 Å². The average Bonchev–Trinajstić information content (AvgIpc) is 2.31. The van der Waals surface area contributed by atoms with Gasteiger partial charge in [-0.3, -0.25) is 4.79 Å². The normalized spacial score (nSPS) is 26.1. The lowest BCUT2D eigenvalue weighted by Crippen LogP contribution is -2.44. The number of carboxylic acids is 1. The number of ether oxygens (including phenoxy) is 1. The highest BCUT2D eigenvalue weighted by atomic mass is 16.5. The highest BCUT2D eigenvalue weighted by Crippen LogP contribution is 2.31. The minimum Gasteiger partial charge on any atom is -0.480 e. The fourth-order valence-electron chi connectivity index (χ4n) is 1.85. The van der Waals surface area contributed by atoms with Crippen LogP contribution >= 0.6 is 0 Å². The van der Waals surface area contributed by atoms with Gasteiger partial charge in [0, 0.05) is 12.8 Å². The van der Waals surface area contributed by atoms with Crippen molar-refractivity contribution >= 4 is 5.97 Å². The SMILES string of the molecule is O=C(O)C1(c2ccncn2)CCCOC1. The minimum absolute atomic E-state index is 0.194. The molecule has 5 heteroatoms. The summed E-state index contributed by atoms with van der Waals surface area (Å²) in [4.78, 5) is 19.1. The molecule has 0 aliphatic carbocycles. The highest BCUT2D eigenvalue weighted by Gasteiger charge is 2.43. The molecule has 2 heterocycles. The van der Waals surface area contributed by atoms with Crippen molar-refractivity contribution in [3.63, 3.8) is 0 Å². The monoisotopic (exact) mass is 208 g/mol. The molecule has 1 unspecified atom stereocenters. The number of hydrogen-bond acceptors (Lipinski definition) is 4. The molecule has 0 aromatic carbocycles. The van der Waals surface area contributed by atoms with Gasteiger partial charge in [-0.25, -0.2) is 9.97 Å². The van der Waals surface area contributed by atoms with E-state index < -0.39 is 11.4 Å². The van der Waals surface area contributed by atoms with Gasteiger partial charge in [-0.15, -0.1) is 0 Å². The molecule has 80 valence electrons. The molecule has 0 radical (unpaired) electrons. The molecule has 0 bridgehead atoms. The zero-order valence-corrected chi connectivity index (χ0v) is 8.22. The molecule has 0 amide bonds. The van der Waals surface area contributed by atoms with Gasteiger partial charge >= 0.3 is 5.97 Å². The average molecular weight is 208 g/mol. The Morgan fingerprint density at radius 1 is 1.60 bits per heavy atom. The third kappa shape index (κ3) is 1.70. The number of hydrogen-bond donors (Lipinski definition) is 1. The molecule has 1 atom stereocenters. The van der Waals surface area contributed by atoms with Crippen LogP contribution in [-0.2, 0) is 14.9 Å². The second-order valence-electron chi connectivity index (χ2n) is 3.64. The Morgan fingerprint density at radius 3 is 3.00 bits per heavy atom. The molecule has 2 rings (SSSR count). The Labute approximate surface area is 87.1 Å².